The fourth-order valence-electron chi connectivity index (χ4n) is 2.40. The first-order valence-electron chi connectivity index (χ1n) is 6.06. The first-order chi connectivity index (χ1) is 6.95. The largest absolute Gasteiger partial charge is 0.314 e. The summed E-state index contributed by atoms with van der Waals surface area (Å²) in [6, 6.07) is 0.801. The van der Waals surface area contributed by atoms with Gasteiger partial charge >= 0.3 is 0 Å². The molecule has 14 heavy (non-hydrogen) atoms. The van der Waals surface area contributed by atoms with Gasteiger partial charge in [0.05, 0.1) is 0 Å². The Morgan fingerprint density at radius 2 is 2.29 bits per heavy atom. The molecule has 2 heteroatoms. The number of piperidine rings is 1. The zero-order chi connectivity index (χ0) is 9.64. The van der Waals surface area contributed by atoms with Gasteiger partial charge in [0.1, 0.15) is 0 Å². The number of nitrogens with one attached hydrogen (secondary N) is 1. The van der Waals surface area contributed by atoms with Gasteiger partial charge in [-0.05, 0) is 38.8 Å². The highest BCUT2D eigenvalue weighted by atomic mass is 15.1. The first-order valence-corrected chi connectivity index (χ1v) is 6.06. The van der Waals surface area contributed by atoms with Gasteiger partial charge in [0.2, 0.25) is 0 Å². The third kappa shape index (κ3) is 3.10. The van der Waals surface area contributed by atoms with Crippen molar-refractivity contribution in [3.8, 4) is 0 Å². The van der Waals surface area contributed by atoms with E-state index in [4.69, 9.17) is 0 Å². The van der Waals surface area contributed by atoms with Gasteiger partial charge in [-0.3, -0.25) is 4.90 Å². The molecule has 2 aliphatic heterocycles. The number of hydrogen-bond acceptors (Lipinski definition) is 2. The van der Waals surface area contributed by atoms with E-state index in [0.29, 0.717) is 0 Å². The molecule has 1 atom stereocenters. The Balaban J connectivity index is 1.63. The first kappa shape index (κ1) is 10.2. The lowest BCUT2D eigenvalue weighted by atomic mass is 10.0. The van der Waals surface area contributed by atoms with Crippen LogP contribution < -0.4 is 5.32 Å². The van der Waals surface area contributed by atoms with Gasteiger partial charge in [0.15, 0.2) is 0 Å². The molecule has 2 rings (SSSR count). The molecule has 1 unspecified atom stereocenters. The van der Waals surface area contributed by atoms with E-state index in [0.717, 1.165) is 6.04 Å². The second-order valence-corrected chi connectivity index (χ2v) is 4.50. The molecule has 0 bridgehead atoms. The standard InChI is InChI=1S/C12H22N2/c1-4-9-14(10-5-1)11-7-12-6-2-3-8-13-12/h1,4,12-13H,2-3,5-11H2. The fraction of sp³-hybridized carbons (Fsp3) is 0.833. The predicted molar refractivity (Wildman–Crippen MR) is 60.5 cm³/mol. The maximum atomic E-state index is 3.61. The van der Waals surface area contributed by atoms with Gasteiger partial charge in [-0.15, -0.1) is 0 Å². The molecule has 0 aliphatic carbocycles. The summed E-state index contributed by atoms with van der Waals surface area (Å²) in [5.74, 6) is 0. The van der Waals surface area contributed by atoms with Crippen LogP contribution in [0.2, 0.25) is 0 Å². The van der Waals surface area contributed by atoms with Crippen molar-refractivity contribution in [3.63, 3.8) is 0 Å². The Bertz CT molecular complexity index is 183. The van der Waals surface area contributed by atoms with Gasteiger partial charge in [-0.25, -0.2) is 0 Å². The van der Waals surface area contributed by atoms with E-state index in [2.05, 4.69) is 22.4 Å². The van der Waals surface area contributed by atoms with Crippen molar-refractivity contribution in [1.29, 1.82) is 0 Å². The average Bonchev–Trinajstić information content (AvgIpc) is 2.29. The SMILES string of the molecule is C1=CCN(CCC2CCCCN2)CC1. The van der Waals surface area contributed by atoms with Crippen LogP contribution in [0.5, 0.6) is 0 Å². The third-order valence-electron chi connectivity index (χ3n) is 3.35. The van der Waals surface area contributed by atoms with E-state index in [1.165, 1.54) is 58.3 Å². The molecule has 0 saturated carbocycles. The molecule has 0 amide bonds. The molecule has 1 N–H and O–H groups in total. The molecule has 0 spiro atoms. The summed E-state index contributed by atoms with van der Waals surface area (Å²) in [6.45, 7) is 4.96. The normalized spacial score (nSPS) is 29.3. The minimum absolute atomic E-state index is 0.801. The minimum Gasteiger partial charge on any atom is -0.314 e. The Morgan fingerprint density at radius 3 is 3.00 bits per heavy atom. The van der Waals surface area contributed by atoms with Crippen molar-refractivity contribution >= 4 is 0 Å². The summed E-state index contributed by atoms with van der Waals surface area (Å²) < 4.78 is 0. The molecule has 0 aromatic carbocycles. The van der Waals surface area contributed by atoms with Crippen molar-refractivity contribution in [2.24, 2.45) is 0 Å². The van der Waals surface area contributed by atoms with E-state index < -0.39 is 0 Å². The van der Waals surface area contributed by atoms with Crippen LogP contribution in [-0.2, 0) is 0 Å². The lowest BCUT2D eigenvalue weighted by Crippen LogP contribution is -2.38. The monoisotopic (exact) mass is 194 g/mol. The van der Waals surface area contributed by atoms with Gasteiger partial charge in [-0.1, -0.05) is 18.6 Å². The average molecular weight is 194 g/mol. The molecule has 2 heterocycles. The Kier molecular flexibility index (Phi) is 4.02. The third-order valence-corrected chi connectivity index (χ3v) is 3.35. The van der Waals surface area contributed by atoms with Crippen molar-refractivity contribution in [2.75, 3.05) is 26.2 Å². The lowest BCUT2D eigenvalue weighted by Gasteiger charge is -2.28. The molecule has 1 fully saturated rings. The maximum Gasteiger partial charge on any atom is 0.0163 e. The quantitative estimate of drug-likeness (QED) is 0.689. The van der Waals surface area contributed by atoms with E-state index >= 15 is 0 Å². The lowest BCUT2D eigenvalue weighted by molar-refractivity contribution is 0.264. The van der Waals surface area contributed by atoms with Crippen LogP contribution in [-0.4, -0.2) is 37.1 Å². The molecule has 2 nitrogen and oxygen atoms in total. The number of nitrogens with zero attached hydrogens (tertiary/aromatic N) is 1. The van der Waals surface area contributed by atoms with Crippen LogP contribution in [0.25, 0.3) is 0 Å². The maximum absolute atomic E-state index is 3.61. The summed E-state index contributed by atoms with van der Waals surface area (Å²) in [4.78, 5) is 2.57. The second-order valence-electron chi connectivity index (χ2n) is 4.50. The summed E-state index contributed by atoms with van der Waals surface area (Å²) in [5, 5.41) is 3.61. The Hall–Kier alpha value is -0.340. The molecule has 0 aromatic heterocycles. The number of rotatable bonds is 3. The summed E-state index contributed by atoms with van der Waals surface area (Å²) >= 11 is 0. The highest BCUT2D eigenvalue weighted by Crippen LogP contribution is 2.11. The van der Waals surface area contributed by atoms with Crippen molar-refractivity contribution in [3.05, 3.63) is 12.2 Å². The number of hydrogen-bond donors (Lipinski definition) is 1. The molecular weight excluding hydrogens is 172 g/mol. The van der Waals surface area contributed by atoms with Crippen molar-refractivity contribution < 1.29 is 0 Å². The van der Waals surface area contributed by atoms with E-state index in [1.54, 1.807) is 0 Å². The van der Waals surface area contributed by atoms with Crippen molar-refractivity contribution in [1.82, 2.24) is 10.2 Å². The van der Waals surface area contributed by atoms with E-state index in [9.17, 15) is 0 Å². The van der Waals surface area contributed by atoms with Crippen LogP contribution in [0.3, 0.4) is 0 Å². The van der Waals surface area contributed by atoms with Crippen LogP contribution in [0.4, 0.5) is 0 Å². The highest BCUT2D eigenvalue weighted by molar-refractivity contribution is 4.91. The van der Waals surface area contributed by atoms with Crippen LogP contribution in [0, 0.1) is 0 Å². The van der Waals surface area contributed by atoms with Crippen molar-refractivity contribution in [2.45, 2.75) is 38.1 Å². The highest BCUT2D eigenvalue weighted by Gasteiger charge is 2.14. The fourth-order valence-corrected chi connectivity index (χ4v) is 2.40. The van der Waals surface area contributed by atoms with Gasteiger partial charge in [0, 0.05) is 19.1 Å². The van der Waals surface area contributed by atoms with E-state index in [1.807, 2.05) is 0 Å². The van der Waals surface area contributed by atoms with Gasteiger partial charge in [0.25, 0.3) is 0 Å². The van der Waals surface area contributed by atoms with Gasteiger partial charge in [-0.2, -0.15) is 0 Å². The van der Waals surface area contributed by atoms with Crippen LogP contribution in [0.15, 0.2) is 12.2 Å². The van der Waals surface area contributed by atoms with Crippen LogP contribution >= 0.6 is 0 Å². The van der Waals surface area contributed by atoms with E-state index in [-0.39, 0.29) is 0 Å². The zero-order valence-electron chi connectivity index (χ0n) is 9.04. The molecule has 1 saturated heterocycles. The minimum atomic E-state index is 0.801. The molecule has 0 aromatic rings. The smallest absolute Gasteiger partial charge is 0.0163 e. The predicted octanol–water partition coefficient (Wildman–Crippen LogP) is 1.78. The summed E-state index contributed by atoms with van der Waals surface area (Å²) in [6.07, 6.45) is 11.4. The van der Waals surface area contributed by atoms with Gasteiger partial charge < -0.3 is 5.32 Å². The summed E-state index contributed by atoms with van der Waals surface area (Å²) in [5.41, 5.74) is 0. The Labute approximate surface area is 87.4 Å². The van der Waals surface area contributed by atoms with Crippen LogP contribution in [0.1, 0.15) is 32.1 Å². The second kappa shape index (κ2) is 5.52. The molecule has 2 aliphatic rings. The molecular formula is C12H22N2. The molecule has 0 radical (unpaired) electrons. The zero-order valence-corrected chi connectivity index (χ0v) is 9.04. The Morgan fingerprint density at radius 1 is 1.29 bits per heavy atom. The topological polar surface area (TPSA) is 15.3 Å². The molecule has 80 valence electrons. The summed E-state index contributed by atoms with van der Waals surface area (Å²) in [7, 11) is 0.